The van der Waals surface area contributed by atoms with Gasteiger partial charge in [0.2, 0.25) is 0 Å². The Morgan fingerprint density at radius 3 is 2.77 bits per heavy atom. The maximum Gasteiger partial charge on any atom is 0.148 e. The van der Waals surface area contributed by atoms with Crippen LogP contribution >= 0.6 is 11.6 Å². The summed E-state index contributed by atoms with van der Waals surface area (Å²) in [6.07, 6.45) is 3.26. The summed E-state index contributed by atoms with van der Waals surface area (Å²) in [4.78, 5) is 0. The van der Waals surface area contributed by atoms with E-state index in [2.05, 4.69) is 0 Å². The first kappa shape index (κ1) is 9.76. The number of benzene rings is 1. The second-order valence-electron chi connectivity index (χ2n) is 2.47. The topological polar surface area (TPSA) is 23.8 Å². The normalized spacial score (nSPS) is 10.3. The number of allylic oxidation sites excluding steroid dienone is 1. The molecule has 0 spiro atoms. The summed E-state index contributed by atoms with van der Waals surface area (Å²) in [6, 6.07) is 4.53. The minimum atomic E-state index is -0.523. The van der Waals surface area contributed by atoms with E-state index < -0.39 is 5.82 Å². The molecule has 3 heteroatoms. The van der Waals surface area contributed by atoms with Crippen LogP contribution in [0.4, 0.5) is 4.39 Å². The molecule has 0 bridgehead atoms. The van der Waals surface area contributed by atoms with Crippen molar-refractivity contribution >= 4 is 17.7 Å². The Hall–Kier alpha value is -1.33. The Labute approximate surface area is 81.1 Å². The first-order chi connectivity index (χ1) is 6.19. The van der Waals surface area contributed by atoms with E-state index in [0.717, 1.165) is 0 Å². The van der Waals surface area contributed by atoms with Crippen LogP contribution in [0.5, 0.6) is 0 Å². The molecule has 13 heavy (non-hydrogen) atoms. The van der Waals surface area contributed by atoms with E-state index in [1.165, 1.54) is 12.1 Å². The highest BCUT2D eigenvalue weighted by Crippen LogP contribution is 2.20. The van der Waals surface area contributed by atoms with E-state index in [1.54, 1.807) is 25.1 Å². The Morgan fingerprint density at radius 2 is 2.23 bits per heavy atom. The standard InChI is InChI=1S/C10H7ClFN/c1-2-3-7-4-9(11)5-8(6-13)10(7)12/h2-5H,1H3/b3-2+. The van der Waals surface area contributed by atoms with Gasteiger partial charge < -0.3 is 0 Å². The molecule has 1 aromatic carbocycles. The van der Waals surface area contributed by atoms with E-state index >= 15 is 0 Å². The van der Waals surface area contributed by atoms with Gasteiger partial charge in [-0.2, -0.15) is 5.26 Å². The van der Waals surface area contributed by atoms with E-state index in [9.17, 15) is 4.39 Å². The Bertz CT molecular complexity index is 391. The number of halogens is 2. The molecule has 1 nitrogen and oxygen atoms in total. The predicted molar refractivity (Wildman–Crippen MR) is 50.8 cm³/mol. The second-order valence-corrected chi connectivity index (χ2v) is 2.90. The second kappa shape index (κ2) is 4.06. The molecule has 0 aromatic heterocycles. The third-order valence-corrected chi connectivity index (χ3v) is 1.75. The average molecular weight is 196 g/mol. The molecular formula is C10H7ClFN. The summed E-state index contributed by atoms with van der Waals surface area (Å²) in [5, 5.41) is 8.93. The smallest absolute Gasteiger partial charge is 0.148 e. The van der Waals surface area contributed by atoms with Gasteiger partial charge in [0.25, 0.3) is 0 Å². The number of nitriles is 1. The maximum atomic E-state index is 13.3. The highest BCUT2D eigenvalue weighted by atomic mass is 35.5. The van der Waals surface area contributed by atoms with Crippen LogP contribution in [0.25, 0.3) is 6.08 Å². The van der Waals surface area contributed by atoms with Gasteiger partial charge in [0, 0.05) is 10.6 Å². The zero-order chi connectivity index (χ0) is 9.84. The van der Waals surface area contributed by atoms with Gasteiger partial charge >= 0.3 is 0 Å². The molecule has 0 fully saturated rings. The van der Waals surface area contributed by atoms with Crippen LogP contribution in [-0.2, 0) is 0 Å². The summed E-state index contributed by atoms with van der Waals surface area (Å²) in [6.45, 7) is 1.77. The summed E-state index contributed by atoms with van der Waals surface area (Å²) in [5.74, 6) is -0.523. The lowest BCUT2D eigenvalue weighted by Gasteiger charge is -1.99. The number of rotatable bonds is 1. The van der Waals surface area contributed by atoms with E-state index in [4.69, 9.17) is 16.9 Å². The van der Waals surface area contributed by atoms with Crippen molar-refractivity contribution < 1.29 is 4.39 Å². The van der Waals surface area contributed by atoms with E-state index in [1.807, 2.05) is 0 Å². The van der Waals surface area contributed by atoms with Gasteiger partial charge in [-0.3, -0.25) is 0 Å². The van der Waals surface area contributed by atoms with Crippen molar-refractivity contribution in [1.82, 2.24) is 0 Å². The number of nitrogens with zero attached hydrogens (tertiary/aromatic N) is 1. The fraction of sp³-hybridized carbons (Fsp3) is 0.100. The molecule has 0 heterocycles. The van der Waals surface area contributed by atoms with Crippen LogP contribution in [0.15, 0.2) is 18.2 Å². The van der Waals surface area contributed by atoms with Gasteiger partial charge in [-0.25, -0.2) is 4.39 Å². The first-order valence-corrected chi connectivity index (χ1v) is 4.08. The van der Waals surface area contributed by atoms with Crippen LogP contribution < -0.4 is 0 Å². The third kappa shape index (κ3) is 2.07. The third-order valence-electron chi connectivity index (χ3n) is 1.53. The molecule has 66 valence electrons. The van der Waals surface area contributed by atoms with Crippen molar-refractivity contribution in [2.24, 2.45) is 0 Å². The van der Waals surface area contributed by atoms with Crippen LogP contribution in [0.3, 0.4) is 0 Å². The van der Waals surface area contributed by atoms with Gasteiger partial charge in [-0.05, 0) is 19.1 Å². The van der Waals surface area contributed by atoms with Crippen LogP contribution in [0.2, 0.25) is 5.02 Å². The van der Waals surface area contributed by atoms with Crippen molar-refractivity contribution in [3.8, 4) is 6.07 Å². The van der Waals surface area contributed by atoms with Gasteiger partial charge in [-0.15, -0.1) is 0 Å². The van der Waals surface area contributed by atoms with Gasteiger partial charge in [0.1, 0.15) is 11.9 Å². The van der Waals surface area contributed by atoms with Crippen molar-refractivity contribution in [3.63, 3.8) is 0 Å². The minimum Gasteiger partial charge on any atom is -0.205 e. The van der Waals surface area contributed by atoms with Crippen molar-refractivity contribution in [2.45, 2.75) is 6.92 Å². The molecule has 0 amide bonds. The van der Waals surface area contributed by atoms with E-state index in [-0.39, 0.29) is 5.56 Å². The molecule has 0 aliphatic heterocycles. The molecule has 0 unspecified atom stereocenters. The van der Waals surface area contributed by atoms with Gasteiger partial charge in [-0.1, -0.05) is 23.8 Å². The van der Waals surface area contributed by atoms with Crippen LogP contribution in [0, 0.1) is 17.1 Å². The largest absolute Gasteiger partial charge is 0.205 e. The molecule has 1 aromatic rings. The molecule has 0 radical (unpaired) electrons. The van der Waals surface area contributed by atoms with Crippen molar-refractivity contribution in [3.05, 3.63) is 40.2 Å². The molecule has 0 aliphatic carbocycles. The molecule has 1 rings (SSSR count). The Kier molecular flexibility index (Phi) is 3.05. The van der Waals surface area contributed by atoms with E-state index in [0.29, 0.717) is 10.6 Å². The number of hydrogen-bond acceptors (Lipinski definition) is 1. The summed E-state index contributed by atoms with van der Waals surface area (Å²) < 4.78 is 13.3. The molecule has 0 aliphatic rings. The monoisotopic (exact) mass is 195 g/mol. The Balaban J connectivity index is 3.37. The summed E-state index contributed by atoms with van der Waals surface area (Å²) in [7, 11) is 0. The van der Waals surface area contributed by atoms with Crippen molar-refractivity contribution in [2.75, 3.05) is 0 Å². The molecule has 0 saturated heterocycles. The van der Waals surface area contributed by atoms with Crippen LogP contribution in [-0.4, -0.2) is 0 Å². The lowest BCUT2D eigenvalue weighted by Crippen LogP contribution is -1.88. The molecule has 0 atom stereocenters. The minimum absolute atomic E-state index is 0.0272. The van der Waals surface area contributed by atoms with Gasteiger partial charge in [0.05, 0.1) is 5.56 Å². The van der Waals surface area contributed by atoms with Crippen molar-refractivity contribution in [1.29, 1.82) is 5.26 Å². The summed E-state index contributed by atoms with van der Waals surface area (Å²) in [5.41, 5.74) is 0.312. The first-order valence-electron chi connectivity index (χ1n) is 3.71. The fourth-order valence-corrected chi connectivity index (χ4v) is 1.22. The predicted octanol–water partition coefficient (Wildman–Crippen LogP) is 3.38. The molecule has 0 saturated carbocycles. The highest BCUT2D eigenvalue weighted by Gasteiger charge is 2.06. The quantitative estimate of drug-likeness (QED) is 0.674. The molecular weight excluding hydrogens is 189 g/mol. The SMILES string of the molecule is C/C=C/c1cc(Cl)cc(C#N)c1F. The lowest BCUT2D eigenvalue weighted by atomic mass is 10.1. The Morgan fingerprint density at radius 1 is 1.54 bits per heavy atom. The zero-order valence-corrected chi connectivity index (χ0v) is 7.77. The van der Waals surface area contributed by atoms with Crippen LogP contribution in [0.1, 0.15) is 18.1 Å². The zero-order valence-electron chi connectivity index (χ0n) is 7.01. The number of hydrogen-bond donors (Lipinski definition) is 0. The highest BCUT2D eigenvalue weighted by molar-refractivity contribution is 6.30. The van der Waals surface area contributed by atoms with Gasteiger partial charge in [0.15, 0.2) is 0 Å². The average Bonchev–Trinajstić information content (AvgIpc) is 2.11. The summed E-state index contributed by atoms with van der Waals surface area (Å²) >= 11 is 5.68. The lowest BCUT2D eigenvalue weighted by molar-refractivity contribution is 0.621. The molecule has 0 N–H and O–H groups in total. The fourth-order valence-electron chi connectivity index (χ4n) is 0.993. The maximum absolute atomic E-state index is 13.3.